The van der Waals surface area contributed by atoms with Crippen LogP contribution in [0.25, 0.3) is 0 Å². The molecule has 0 atom stereocenters. The van der Waals surface area contributed by atoms with E-state index in [1.54, 1.807) is 11.1 Å². The van der Waals surface area contributed by atoms with Crippen molar-refractivity contribution >= 4 is 0 Å². The fourth-order valence-electron chi connectivity index (χ4n) is 3.64. The van der Waals surface area contributed by atoms with E-state index in [0.717, 1.165) is 6.04 Å². The molecule has 3 rings (SSSR count). The molecule has 92 valence electrons. The van der Waals surface area contributed by atoms with Gasteiger partial charge in [0.15, 0.2) is 0 Å². The Balaban J connectivity index is 1.72. The summed E-state index contributed by atoms with van der Waals surface area (Å²) in [6.45, 7) is 7.24. The van der Waals surface area contributed by atoms with Gasteiger partial charge in [-0.1, -0.05) is 24.3 Å². The minimum atomic E-state index is 0.606. The molecule has 0 N–H and O–H groups in total. The van der Waals surface area contributed by atoms with Gasteiger partial charge in [0.05, 0.1) is 0 Å². The first-order valence-electron chi connectivity index (χ1n) is 6.99. The van der Waals surface area contributed by atoms with Gasteiger partial charge in [0.2, 0.25) is 0 Å². The molecule has 1 fully saturated rings. The lowest BCUT2D eigenvalue weighted by molar-refractivity contribution is 0.0895. The summed E-state index contributed by atoms with van der Waals surface area (Å²) in [7, 11) is 0. The third-order valence-electron chi connectivity index (χ3n) is 4.84. The van der Waals surface area contributed by atoms with E-state index < -0.39 is 0 Å². The fourth-order valence-corrected chi connectivity index (χ4v) is 3.64. The standard InChI is InChI=1S/C16H23N/c1-13(2)17-9-7-16(8-10-17)11-14-5-3-4-6-15(14)12-16/h3-6,13H,7-12H2,1-2H3. The van der Waals surface area contributed by atoms with Crippen molar-refractivity contribution in [1.82, 2.24) is 4.90 Å². The van der Waals surface area contributed by atoms with Crippen LogP contribution in [0.3, 0.4) is 0 Å². The number of hydrogen-bond donors (Lipinski definition) is 0. The molecule has 0 bridgehead atoms. The molecule has 0 aromatic heterocycles. The Hall–Kier alpha value is -0.820. The van der Waals surface area contributed by atoms with Crippen LogP contribution in [0, 0.1) is 5.41 Å². The van der Waals surface area contributed by atoms with E-state index >= 15 is 0 Å². The zero-order chi connectivity index (χ0) is 11.9. The van der Waals surface area contributed by atoms with Gasteiger partial charge in [0, 0.05) is 6.04 Å². The lowest BCUT2D eigenvalue weighted by Crippen LogP contribution is -2.43. The lowest BCUT2D eigenvalue weighted by atomic mass is 9.76. The van der Waals surface area contributed by atoms with Crippen LogP contribution in [0.5, 0.6) is 0 Å². The van der Waals surface area contributed by atoms with Crippen molar-refractivity contribution in [3.63, 3.8) is 0 Å². The number of benzene rings is 1. The number of rotatable bonds is 1. The molecule has 0 saturated carbocycles. The maximum absolute atomic E-state index is 2.63. The second-order valence-corrected chi connectivity index (χ2v) is 6.25. The van der Waals surface area contributed by atoms with Crippen LogP contribution < -0.4 is 0 Å². The zero-order valence-corrected chi connectivity index (χ0v) is 11.1. The van der Waals surface area contributed by atoms with Gasteiger partial charge < -0.3 is 4.90 Å². The molecule has 1 saturated heterocycles. The Morgan fingerprint density at radius 3 is 2.00 bits per heavy atom. The normalized spacial score (nSPS) is 23.2. The summed E-state index contributed by atoms with van der Waals surface area (Å²) < 4.78 is 0. The number of likely N-dealkylation sites (tertiary alicyclic amines) is 1. The Morgan fingerprint density at radius 2 is 1.53 bits per heavy atom. The second-order valence-electron chi connectivity index (χ2n) is 6.25. The molecule has 1 spiro atoms. The second kappa shape index (κ2) is 4.13. The van der Waals surface area contributed by atoms with Crippen LogP contribution in [-0.2, 0) is 12.8 Å². The smallest absolute Gasteiger partial charge is 0.00385 e. The van der Waals surface area contributed by atoms with Crippen molar-refractivity contribution < 1.29 is 0 Å². The molecular weight excluding hydrogens is 206 g/mol. The summed E-state index contributed by atoms with van der Waals surface area (Å²) in [4.78, 5) is 2.63. The SMILES string of the molecule is CC(C)N1CCC2(CC1)Cc1ccccc1C2. The highest BCUT2D eigenvalue weighted by molar-refractivity contribution is 5.34. The summed E-state index contributed by atoms with van der Waals surface area (Å²) in [5.41, 5.74) is 3.84. The fraction of sp³-hybridized carbons (Fsp3) is 0.625. The molecule has 0 radical (unpaired) electrons. The number of hydrogen-bond acceptors (Lipinski definition) is 1. The maximum atomic E-state index is 2.63. The molecule has 1 aliphatic carbocycles. The minimum absolute atomic E-state index is 0.606. The van der Waals surface area contributed by atoms with Crippen molar-refractivity contribution in [3.05, 3.63) is 35.4 Å². The summed E-state index contributed by atoms with van der Waals surface area (Å²) in [6, 6.07) is 9.77. The quantitative estimate of drug-likeness (QED) is 0.714. The van der Waals surface area contributed by atoms with E-state index in [9.17, 15) is 0 Å². The van der Waals surface area contributed by atoms with Gasteiger partial charge in [0.1, 0.15) is 0 Å². The van der Waals surface area contributed by atoms with E-state index in [2.05, 4.69) is 43.0 Å². The topological polar surface area (TPSA) is 3.24 Å². The highest BCUT2D eigenvalue weighted by atomic mass is 15.2. The molecule has 1 heteroatoms. The van der Waals surface area contributed by atoms with E-state index in [-0.39, 0.29) is 0 Å². The molecular formula is C16H23N. The third kappa shape index (κ3) is 2.01. The molecule has 1 aromatic carbocycles. The van der Waals surface area contributed by atoms with Crippen molar-refractivity contribution in [2.24, 2.45) is 5.41 Å². The van der Waals surface area contributed by atoms with Gasteiger partial charge in [0.25, 0.3) is 0 Å². The van der Waals surface area contributed by atoms with Gasteiger partial charge in [-0.25, -0.2) is 0 Å². The molecule has 0 amide bonds. The van der Waals surface area contributed by atoms with Crippen LogP contribution in [0.2, 0.25) is 0 Å². The molecule has 1 heterocycles. The highest BCUT2D eigenvalue weighted by Crippen LogP contribution is 2.44. The van der Waals surface area contributed by atoms with E-state index in [1.807, 2.05) is 0 Å². The highest BCUT2D eigenvalue weighted by Gasteiger charge is 2.39. The van der Waals surface area contributed by atoms with Gasteiger partial charge in [-0.15, -0.1) is 0 Å². The first-order valence-corrected chi connectivity index (χ1v) is 6.99. The largest absolute Gasteiger partial charge is 0.301 e. The van der Waals surface area contributed by atoms with Crippen molar-refractivity contribution in [2.75, 3.05) is 13.1 Å². The average molecular weight is 229 g/mol. The number of nitrogens with zero attached hydrogens (tertiary/aromatic N) is 1. The van der Waals surface area contributed by atoms with Crippen molar-refractivity contribution in [1.29, 1.82) is 0 Å². The summed E-state index contributed by atoms with van der Waals surface area (Å²) in [5.74, 6) is 0. The zero-order valence-electron chi connectivity index (χ0n) is 11.1. The van der Waals surface area contributed by atoms with E-state index in [4.69, 9.17) is 0 Å². The molecule has 17 heavy (non-hydrogen) atoms. The average Bonchev–Trinajstić information content (AvgIpc) is 2.67. The molecule has 1 nitrogen and oxygen atoms in total. The van der Waals surface area contributed by atoms with Gasteiger partial charge in [-0.3, -0.25) is 0 Å². The van der Waals surface area contributed by atoms with E-state index in [1.165, 1.54) is 38.8 Å². The van der Waals surface area contributed by atoms with Gasteiger partial charge in [-0.05, 0) is 69.2 Å². The Bertz CT molecular complexity index is 373. The Labute approximate surface area is 105 Å². The van der Waals surface area contributed by atoms with Crippen molar-refractivity contribution in [2.45, 2.75) is 45.6 Å². The van der Waals surface area contributed by atoms with E-state index in [0.29, 0.717) is 5.41 Å². The van der Waals surface area contributed by atoms with Crippen molar-refractivity contribution in [3.8, 4) is 0 Å². The van der Waals surface area contributed by atoms with Gasteiger partial charge >= 0.3 is 0 Å². The number of fused-ring (bicyclic) bond motifs is 1. The summed E-state index contributed by atoms with van der Waals surface area (Å²) in [5, 5.41) is 0. The lowest BCUT2D eigenvalue weighted by Gasteiger charge is -2.41. The molecule has 0 unspecified atom stereocenters. The first-order chi connectivity index (χ1) is 8.19. The van der Waals surface area contributed by atoms with Gasteiger partial charge in [-0.2, -0.15) is 0 Å². The molecule has 2 aliphatic rings. The van der Waals surface area contributed by atoms with Crippen LogP contribution >= 0.6 is 0 Å². The third-order valence-corrected chi connectivity index (χ3v) is 4.84. The van der Waals surface area contributed by atoms with Crippen LogP contribution in [-0.4, -0.2) is 24.0 Å². The minimum Gasteiger partial charge on any atom is -0.301 e. The maximum Gasteiger partial charge on any atom is 0.00385 e. The monoisotopic (exact) mass is 229 g/mol. The number of piperidine rings is 1. The van der Waals surface area contributed by atoms with Crippen LogP contribution in [0.15, 0.2) is 24.3 Å². The van der Waals surface area contributed by atoms with Crippen LogP contribution in [0.1, 0.15) is 37.8 Å². The predicted molar refractivity (Wildman–Crippen MR) is 72.2 cm³/mol. The molecule has 1 aromatic rings. The summed E-state index contributed by atoms with van der Waals surface area (Å²) >= 11 is 0. The Kier molecular flexibility index (Phi) is 2.74. The summed E-state index contributed by atoms with van der Waals surface area (Å²) in [6.07, 6.45) is 5.43. The van der Waals surface area contributed by atoms with Crippen LogP contribution in [0.4, 0.5) is 0 Å². The first kappa shape index (κ1) is 11.3. The molecule has 1 aliphatic heterocycles. The Morgan fingerprint density at radius 1 is 1.00 bits per heavy atom. The predicted octanol–water partition coefficient (Wildman–Crippen LogP) is 3.28.